The van der Waals surface area contributed by atoms with E-state index in [1.807, 2.05) is 0 Å². The van der Waals surface area contributed by atoms with Crippen LogP contribution in [0.3, 0.4) is 0 Å². The number of carbonyl (C=O) groups excluding carboxylic acids is 2. The third-order valence-electron chi connectivity index (χ3n) is 3.18. The van der Waals surface area contributed by atoms with E-state index in [1.54, 1.807) is 39.2 Å². The molecule has 0 aromatic heterocycles. The van der Waals surface area contributed by atoms with E-state index in [2.05, 4.69) is 10.6 Å². The Hall–Kier alpha value is -1.72. The van der Waals surface area contributed by atoms with Crippen LogP contribution in [-0.2, 0) is 4.79 Å². The van der Waals surface area contributed by atoms with Crippen molar-refractivity contribution in [3.8, 4) is 0 Å². The summed E-state index contributed by atoms with van der Waals surface area (Å²) in [7, 11) is 3.32. The smallest absolute Gasteiger partial charge is 0.319 e. The van der Waals surface area contributed by atoms with Gasteiger partial charge in [0.05, 0.1) is 21.7 Å². The highest BCUT2D eigenvalue weighted by Gasteiger charge is 2.32. The third-order valence-corrected chi connectivity index (χ3v) is 3.92. The Morgan fingerprint density at radius 3 is 2.48 bits per heavy atom. The zero-order valence-corrected chi connectivity index (χ0v) is 13.3. The van der Waals surface area contributed by atoms with E-state index in [4.69, 9.17) is 23.2 Å². The first-order chi connectivity index (χ1) is 9.81. The second kappa shape index (κ2) is 5.95. The molecule has 0 saturated heterocycles. The summed E-state index contributed by atoms with van der Waals surface area (Å²) in [6, 6.07) is 4.10. The van der Waals surface area contributed by atoms with Gasteiger partial charge in [0, 0.05) is 19.8 Å². The molecule has 1 aliphatic heterocycles. The highest BCUT2D eigenvalue weighted by molar-refractivity contribution is 6.42. The van der Waals surface area contributed by atoms with Crippen LogP contribution >= 0.6 is 23.2 Å². The zero-order valence-electron chi connectivity index (χ0n) is 11.8. The highest BCUT2D eigenvalue weighted by Crippen LogP contribution is 2.31. The monoisotopic (exact) mass is 327 g/mol. The Morgan fingerprint density at radius 2 is 1.90 bits per heavy atom. The summed E-state index contributed by atoms with van der Waals surface area (Å²) < 4.78 is 0. The van der Waals surface area contributed by atoms with Crippen molar-refractivity contribution in [2.24, 2.45) is 0 Å². The van der Waals surface area contributed by atoms with Crippen molar-refractivity contribution < 1.29 is 9.59 Å². The van der Waals surface area contributed by atoms with Crippen LogP contribution in [0.1, 0.15) is 18.5 Å². The van der Waals surface area contributed by atoms with Gasteiger partial charge in [-0.3, -0.25) is 4.79 Å². The lowest BCUT2D eigenvalue weighted by Gasteiger charge is -2.30. The molecule has 1 atom stereocenters. The predicted octanol–water partition coefficient (Wildman–Crippen LogP) is 2.71. The molecule has 3 amide bonds. The summed E-state index contributed by atoms with van der Waals surface area (Å²) in [5.74, 6) is -0.184. The van der Waals surface area contributed by atoms with Gasteiger partial charge >= 0.3 is 6.03 Å². The van der Waals surface area contributed by atoms with E-state index in [1.165, 1.54) is 4.90 Å². The molecule has 0 saturated carbocycles. The number of allylic oxidation sites excluding steroid dienone is 1. The molecular weight excluding hydrogens is 313 g/mol. The van der Waals surface area contributed by atoms with Crippen LogP contribution < -0.4 is 10.6 Å². The largest absolute Gasteiger partial charge is 0.345 e. The van der Waals surface area contributed by atoms with Crippen molar-refractivity contribution in [3.05, 3.63) is 45.1 Å². The van der Waals surface area contributed by atoms with Gasteiger partial charge in [0.15, 0.2) is 0 Å². The highest BCUT2D eigenvalue weighted by atomic mass is 35.5. The van der Waals surface area contributed by atoms with E-state index < -0.39 is 6.04 Å². The van der Waals surface area contributed by atoms with Crippen LogP contribution in [0, 0.1) is 0 Å². The second-order valence-electron chi connectivity index (χ2n) is 4.94. The van der Waals surface area contributed by atoms with Crippen molar-refractivity contribution in [3.63, 3.8) is 0 Å². The zero-order chi connectivity index (χ0) is 15.7. The van der Waals surface area contributed by atoms with Gasteiger partial charge in [0.1, 0.15) is 0 Å². The van der Waals surface area contributed by atoms with Crippen LogP contribution in [-0.4, -0.2) is 30.9 Å². The van der Waals surface area contributed by atoms with Crippen LogP contribution in [0.25, 0.3) is 0 Å². The first kappa shape index (κ1) is 15.7. The van der Waals surface area contributed by atoms with Gasteiger partial charge in [-0.1, -0.05) is 29.3 Å². The molecule has 21 heavy (non-hydrogen) atoms. The fourth-order valence-electron chi connectivity index (χ4n) is 2.16. The number of nitrogens with zero attached hydrogens (tertiary/aromatic N) is 1. The van der Waals surface area contributed by atoms with E-state index in [9.17, 15) is 9.59 Å². The summed E-state index contributed by atoms with van der Waals surface area (Å²) in [6.45, 7) is 1.69. The van der Waals surface area contributed by atoms with Gasteiger partial charge in [0.25, 0.3) is 5.91 Å². The second-order valence-corrected chi connectivity index (χ2v) is 5.76. The molecule has 0 spiro atoms. The lowest BCUT2D eigenvalue weighted by atomic mass is 9.94. The maximum atomic E-state index is 12.4. The molecule has 0 fully saturated rings. The van der Waals surface area contributed by atoms with Gasteiger partial charge in [-0.25, -0.2) is 4.79 Å². The van der Waals surface area contributed by atoms with E-state index in [0.717, 1.165) is 0 Å². The first-order valence-electron chi connectivity index (χ1n) is 6.26. The molecule has 0 unspecified atom stereocenters. The molecule has 1 aromatic carbocycles. The number of likely N-dealkylation sites (N-methyl/N-ethyl adjacent to an activating group) is 1. The average Bonchev–Trinajstić information content (AvgIpc) is 2.40. The minimum absolute atomic E-state index is 0.184. The van der Waals surface area contributed by atoms with Gasteiger partial charge < -0.3 is 15.5 Å². The first-order valence-corrected chi connectivity index (χ1v) is 7.01. The molecule has 1 heterocycles. The minimum Gasteiger partial charge on any atom is -0.345 e. The number of rotatable bonds is 2. The number of carbonyl (C=O) groups is 2. The Kier molecular flexibility index (Phi) is 4.44. The van der Waals surface area contributed by atoms with Crippen molar-refractivity contribution in [1.29, 1.82) is 0 Å². The summed E-state index contributed by atoms with van der Waals surface area (Å²) in [5.41, 5.74) is 1.69. The fraction of sp³-hybridized carbons (Fsp3) is 0.286. The summed E-state index contributed by atoms with van der Waals surface area (Å²) in [6.07, 6.45) is 0. The average molecular weight is 328 g/mol. The summed E-state index contributed by atoms with van der Waals surface area (Å²) in [5, 5.41) is 6.14. The number of benzene rings is 1. The maximum Gasteiger partial charge on any atom is 0.319 e. The Labute approximate surface area is 132 Å². The summed E-state index contributed by atoms with van der Waals surface area (Å²) in [4.78, 5) is 25.5. The number of hydrogen-bond donors (Lipinski definition) is 2. The third kappa shape index (κ3) is 3.14. The molecule has 0 bridgehead atoms. The van der Waals surface area contributed by atoms with Crippen LogP contribution in [0.15, 0.2) is 29.5 Å². The molecule has 112 valence electrons. The Morgan fingerprint density at radius 1 is 1.24 bits per heavy atom. The SMILES string of the molecule is CC1=C(C(=O)N(C)C)[C@@H](c2ccc(Cl)c(Cl)c2)NC(=O)N1. The number of amides is 3. The quantitative estimate of drug-likeness (QED) is 0.877. The van der Waals surface area contributed by atoms with Gasteiger partial charge in [0.2, 0.25) is 0 Å². The lowest BCUT2D eigenvalue weighted by molar-refractivity contribution is -0.125. The number of hydrogen-bond acceptors (Lipinski definition) is 2. The molecule has 1 aliphatic rings. The van der Waals surface area contributed by atoms with Crippen LogP contribution in [0.2, 0.25) is 10.0 Å². The fourth-order valence-corrected chi connectivity index (χ4v) is 2.47. The van der Waals surface area contributed by atoms with Crippen molar-refractivity contribution in [1.82, 2.24) is 15.5 Å². The Balaban J connectivity index is 2.52. The minimum atomic E-state index is -0.566. The molecule has 2 N–H and O–H groups in total. The summed E-state index contributed by atoms with van der Waals surface area (Å²) >= 11 is 11.9. The van der Waals surface area contributed by atoms with Gasteiger partial charge in [-0.2, -0.15) is 0 Å². The van der Waals surface area contributed by atoms with E-state index in [-0.39, 0.29) is 11.9 Å². The standard InChI is InChI=1S/C14H15Cl2N3O2/c1-7-11(13(20)19(2)3)12(18-14(21)17-7)8-4-5-9(15)10(16)6-8/h4-6,12H,1-3H3,(H2,17,18,21)/t12-/m1/s1. The normalized spacial score (nSPS) is 18.1. The molecule has 5 nitrogen and oxygen atoms in total. The number of nitrogens with one attached hydrogen (secondary N) is 2. The predicted molar refractivity (Wildman–Crippen MR) is 82.3 cm³/mol. The van der Waals surface area contributed by atoms with Crippen molar-refractivity contribution in [2.75, 3.05) is 14.1 Å². The molecule has 2 rings (SSSR count). The van der Waals surface area contributed by atoms with E-state index in [0.29, 0.717) is 26.9 Å². The van der Waals surface area contributed by atoms with Gasteiger partial charge in [-0.15, -0.1) is 0 Å². The van der Waals surface area contributed by atoms with Crippen molar-refractivity contribution in [2.45, 2.75) is 13.0 Å². The number of urea groups is 1. The molecule has 1 aromatic rings. The molecular formula is C14H15Cl2N3O2. The van der Waals surface area contributed by atoms with E-state index >= 15 is 0 Å². The molecule has 7 heteroatoms. The number of halogens is 2. The van der Waals surface area contributed by atoms with Crippen molar-refractivity contribution >= 4 is 35.1 Å². The van der Waals surface area contributed by atoms with Gasteiger partial charge in [-0.05, 0) is 24.6 Å². The molecule has 0 aliphatic carbocycles. The Bertz CT molecular complexity index is 641. The lowest BCUT2D eigenvalue weighted by Crippen LogP contribution is -2.46. The topological polar surface area (TPSA) is 61.4 Å². The van der Waals surface area contributed by atoms with Crippen LogP contribution in [0.4, 0.5) is 4.79 Å². The maximum absolute atomic E-state index is 12.4. The molecule has 0 radical (unpaired) electrons. The van der Waals surface area contributed by atoms with Crippen LogP contribution in [0.5, 0.6) is 0 Å².